The van der Waals surface area contributed by atoms with Crippen molar-refractivity contribution in [2.45, 2.75) is 20.0 Å². The number of carbonyl (C=O) groups is 1. The smallest absolute Gasteiger partial charge is 0.180 e. The number of hydrogen-bond acceptors (Lipinski definition) is 2. The van der Waals surface area contributed by atoms with Crippen LogP contribution < -0.4 is 0 Å². The van der Waals surface area contributed by atoms with Gasteiger partial charge in [-0.25, -0.2) is 0 Å². The topological polar surface area (TPSA) is 26.3 Å². The number of rotatable bonds is 4. The van der Waals surface area contributed by atoms with Gasteiger partial charge >= 0.3 is 0 Å². The van der Waals surface area contributed by atoms with E-state index in [0.29, 0.717) is 0 Å². The molecule has 0 aromatic carbocycles. The first kappa shape index (κ1) is 8.37. The van der Waals surface area contributed by atoms with E-state index in [1.54, 1.807) is 0 Å². The van der Waals surface area contributed by atoms with Crippen molar-refractivity contribution in [3.8, 4) is 0 Å². The van der Waals surface area contributed by atoms with Gasteiger partial charge < -0.3 is 4.74 Å². The van der Waals surface area contributed by atoms with Crippen LogP contribution in [0.5, 0.6) is 0 Å². The first-order chi connectivity index (χ1) is 4.16. The third-order valence-electron chi connectivity index (χ3n) is 0.787. The molecule has 52 valence electrons. The van der Waals surface area contributed by atoms with Gasteiger partial charge in [0.1, 0.15) is 6.61 Å². The van der Waals surface area contributed by atoms with E-state index in [1.165, 1.54) is 6.08 Å². The molecule has 0 aromatic rings. The maximum absolute atomic E-state index is 10.5. The maximum Gasteiger partial charge on any atom is 0.180 e. The molecule has 0 aliphatic carbocycles. The third kappa shape index (κ3) is 5.24. The fourth-order valence-electron chi connectivity index (χ4n) is 0.308. The SMILES string of the molecule is C=CC(=O)COC(C)C. The second-order valence-corrected chi connectivity index (χ2v) is 2.03. The van der Waals surface area contributed by atoms with E-state index >= 15 is 0 Å². The quantitative estimate of drug-likeness (QED) is 0.531. The van der Waals surface area contributed by atoms with E-state index in [1.807, 2.05) is 13.8 Å². The van der Waals surface area contributed by atoms with Crippen molar-refractivity contribution >= 4 is 5.78 Å². The number of ketones is 1. The van der Waals surface area contributed by atoms with Gasteiger partial charge in [0.15, 0.2) is 5.78 Å². The molecular weight excluding hydrogens is 116 g/mol. The summed E-state index contributed by atoms with van der Waals surface area (Å²) < 4.78 is 4.97. The second-order valence-electron chi connectivity index (χ2n) is 2.03. The summed E-state index contributed by atoms with van der Waals surface area (Å²) in [6, 6.07) is 0. The molecule has 2 heteroatoms. The van der Waals surface area contributed by atoms with E-state index in [-0.39, 0.29) is 18.5 Å². The molecule has 0 aromatic heterocycles. The maximum atomic E-state index is 10.5. The second kappa shape index (κ2) is 4.27. The summed E-state index contributed by atoms with van der Waals surface area (Å²) in [5, 5.41) is 0. The lowest BCUT2D eigenvalue weighted by atomic mass is 10.4. The lowest BCUT2D eigenvalue weighted by molar-refractivity contribution is -0.120. The molecule has 0 saturated carbocycles. The summed E-state index contributed by atoms with van der Waals surface area (Å²) in [7, 11) is 0. The fraction of sp³-hybridized carbons (Fsp3) is 0.571. The monoisotopic (exact) mass is 128 g/mol. The summed E-state index contributed by atoms with van der Waals surface area (Å²) in [6.07, 6.45) is 1.39. The van der Waals surface area contributed by atoms with Crippen molar-refractivity contribution in [3.05, 3.63) is 12.7 Å². The molecule has 0 aliphatic rings. The highest BCUT2D eigenvalue weighted by Gasteiger charge is 1.96. The van der Waals surface area contributed by atoms with Gasteiger partial charge in [0.25, 0.3) is 0 Å². The van der Waals surface area contributed by atoms with Crippen LogP contribution in [0.1, 0.15) is 13.8 Å². The van der Waals surface area contributed by atoms with Gasteiger partial charge in [-0.1, -0.05) is 6.58 Å². The van der Waals surface area contributed by atoms with Crippen molar-refractivity contribution in [2.24, 2.45) is 0 Å². The Bertz CT molecular complexity index is 105. The van der Waals surface area contributed by atoms with Gasteiger partial charge in [-0.15, -0.1) is 0 Å². The largest absolute Gasteiger partial charge is 0.371 e. The molecule has 0 heterocycles. The zero-order valence-corrected chi connectivity index (χ0v) is 5.89. The molecule has 2 nitrogen and oxygen atoms in total. The zero-order chi connectivity index (χ0) is 7.28. The summed E-state index contributed by atoms with van der Waals surface area (Å²) >= 11 is 0. The minimum absolute atomic E-state index is 0.0660. The van der Waals surface area contributed by atoms with E-state index in [0.717, 1.165) is 0 Å². The van der Waals surface area contributed by atoms with Gasteiger partial charge in [0.2, 0.25) is 0 Å². The van der Waals surface area contributed by atoms with E-state index in [4.69, 9.17) is 4.74 Å². The third-order valence-corrected chi connectivity index (χ3v) is 0.787. The first-order valence-corrected chi connectivity index (χ1v) is 2.93. The van der Waals surface area contributed by atoms with Crippen LogP contribution in [0.3, 0.4) is 0 Å². The Balaban J connectivity index is 3.27. The molecule has 9 heavy (non-hydrogen) atoms. The summed E-state index contributed by atoms with van der Waals surface area (Å²) in [4.78, 5) is 10.5. The van der Waals surface area contributed by atoms with E-state index < -0.39 is 0 Å². The minimum Gasteiger partial charge on any atom is -0.371 e. The Morgan fingerprint density at radius 3 is 2.67 bits per heavy atom. The average Bonchev–Trinajstić information content (AvgIpc) is 1.83. The molecule has 0 N–H and O–H groups in total. The molecule has 0 amide bonds. The van der Waals surface area contributed by atoms with Crippen molar-refractivity contribution in [1.82, 2.24) is 0 Å². The summed E-state index contributed by atoms with van der Waals surface area (Å²) in [6.45, 7) is 7.23. The normalized spacial score (nSPS) is 9.67. The van der Waals surface area contributed by atoms with Crippen LogP contribution in [0.2, 0.25) is 0 Å². The van der Waals surface area contributed by atoms with Crippen LogP contribution in [-0.4, -0.2) is 18.5 Å². The lowest BCUT2D eigenvalue weighted by Crippen LogP contribution is -2.10. The fourth-order valence-corrected chi connectivity index (χ4v) is 0.308. The minimum atomic E-state index is -0.0660. The van der Waals surface area contributed by atoms with Crippen LogP contribution in [0.25, 0.3) is 0 Å². The molecule has 0 rings (SSSR count). The highest BCUT2D eigenvalue weighted by Crippen LogP contribution is 1.87. The average molecular weight is 128 g/mol. The highest BCUT2D eigenvalue weighted by molar-refractivity contribution is 5.90. The van der Waals surface area contributed by atoms with Crippen LogP contribution >= 0.6 is 0 Å². The molecule has 0 spiro atoms. The Morgan fingerprint density at radius 1 is 1.78 bits per heavy atom. The predicted octanol–water partition coefficient (Wildman–Crippen LogP) is 1.17. The van der Waals surface area contributed by atoms with Crippen molar-refractivity contribution in [3.63, 3.8) is 0 Å². The molecule has 0 unspecified atom stereocenters. The van der Waals surface area contributed by atoms with E-state index in [2.05, 4.69) is 6.58 Å². The van der Waals surface area contributed by atoms with Gasteiger partial charge in [-0.2, -0.15) is 0 Å². The summed E-state index contributed by atoms with van der Waals surface area (Å²) in [5.74, 6) is -0.0660. The molecule has 0 radical (unpaired) electrons. The van der Waals surface area contributed by atoms with Gasteiger partial charge in [-0.3, -0.25) is 4.79 Å². The Kier molecular flexibility index (Phi) is 3.97. The molecule has 0 atom stereocenters. The van der Waals surface area contributed by atoms with Crippen molar-refractivity contribution in [2.75, 3.05) is 6.61 Å². The van der Waals surface area contributed by atoms with Crippen molar-refractivity contribution in [1.29, 1.82) is 0 Å². The van der Waals surface area contributed by atoms with Crippen LogP contribution in [-0.2, 0) is 9.53 Å². The van der Waals surface area contributed by atoms with Crippen molar-refractivity contribution < 1.29 is 9.53 Å². The van der Waals surface area contributed by atoms with E-state index in [9.17, 15) is 4.79 Å². The van der Waals surface area contributed by atoms with Crippen LogP contribution in [0.15, 0.2) is 12.7 Å². The number of ether oxygens (including phenoxy) is 1. The van der Waals surface area contributed by atoms with Gasteiger partial charge in [0, 0.05) is 0 Å². The Morgan fingerprint density at radius 2 is 2.33 bits per heavy atom. The zero-order valence-electron chi connectivity index (χ0n) is 5.89. The molecular formula is C7H12O2. The van der Waals surface area contributed by atoms with Crippen LogP contribution in [0, 0.1) is 0 Å². The Labute approximate surface area is 55.5 Å². The molecule has 0 fully saturated rings. The molecule has 0 saturated heterocycles. The van der Waals surface area contributed by atoms with Gasteiger partial charge in [-0.05, 0) is 19.9 Å². The summed E-state index contributed by atoms with van der Waals surface area (Å²) in [5.41, 5.74) is 0. The predicted molar refractivity (Wildman–Crippen MR) is 36.3 cm³/mol. The highest BCUT2D eigenvalue weighted by atomic mass is 16.5. The van der Waals surface area contributed by atoms with Gasteiger partial charge in [0.05, 0.1) is 6.10 Å². The molecule has 0 aliphatic heterocycles. The van der Waals surface area contributed by atoms with Crippen LogP contribution in [0.4, 0.5) is 0 Å². The Hall–Kier alpha value is -0.630. The first-order valence-electron chi connectivity index (χ1n) is 2.93. The lowest BCUT2D eigenvalue weighted by Gasteiger charge is -2.02. The number of carbonyl (C=O) groups excluding carboxylic acids is 1. The molecule has 0 bridgehead atoms. The number of hydrogen-bond donors (Lipinski definition) is 0. The standard InChI is InChI=1S/C7H12O2/c1-4-7(8)5-9-6(2)3/h4,6H,1,5H2,2-3H3.